The van der Waals surface area contributed by atoms with Crippen molar-refractivity contribution in [2.45, 2.75) is 18.9 Å². The third-order valence-electron chi connectivity index (χ3n) is 4.34. The summed E-state index contributed by atoms with van der Waals surface area (Å²) in [6.45, 7) is 5.30. The molecule has 0 radical (unpaired) electrons. The van der Waals surface area contributed by atoms with Gasteiger partial charge in [-0.05, 0) is 24.8 Å². The lowest BCUT2D eigenvalue weighted by atomic mass is 9.88. The lowest BCUT2D eigenvalue weighted by Gasteiger charge is -2.39. The van der Waals surface area contributed by atoms with Gasteiger partial charge in [0.15, 0.2) is 0 Å². The van der Waals surface area contributed by atoms with Crippen LogP contribution >= 0.6 is 24.8 Å². The van der Waals surface area contributed by atoms with E-state index in [2.05, 4.69) is 10.2 Å². The third kappa shape index (κ3) is 4.81. The highest BCUT2D eigenvalue weighted by Crippen LogP contribution is 2.37. The van der Waals surface area contributed by atoms with E-state index in [1.165, 1.54) is 6.07 Å². The van der Waals surface area contributed by atoms with E-state index in [1.54, 1.807) is 6.07 Å². The summed E-state index contributed by atoms with van der Waals surface area (Å²) < 4.78 is 11.0. The van der Waals surface area contributed by atoms with Gasteiger partial charge in [-0.15, -0.1) is 24.8 Å². The molecule has 2 fully saturated rings. The van der Waals surface area contributed by atoms with Gasteiger partial charge < -0.3 is 14.5 Å². The van der Waals surface area contributed by atoms with Gasteiger partial charge in [-0.1, -0.05) is 0 Å². The first-order chi connectivity index (χ1) is 10.3. The third-order valence-corrected chi connectivity index (χ3v) is 4.34. The fraction of sp³-hybridized carbons (Fsp3) is 0.714. The Morgan fingerprint density at radius 1 is 1.22 bits per heavy atom. The molecule has 0 aromatic carbocycles. The van der Waals surface area contributed by atoms with Crippen molar-refractivity contribution >= 4 is 30.7 Å². The molecule has 3 heterocycles. The van der Waals surface area contributed by atoms with Crippen LogP contribution in [0.1, 0.15) is 24.6 Å². The minimum Gasteiger partial charge on any atom is -0.404 e. The van der Waals surface area contributed by atoms with Crippen LogP contribution in [-0.2, 0) is 4.74 Å². The predicted molar refractivity (Wildman–Crippen MR) is 90.6 cm³/mol. The van der Waals surface area contributed by atoms with Gasteiger partial charge in [-0.2, -0.15) is 0 Å². The molecular formula is C14H23Cl2N3O4. The molecule has 0 saturated carbocycles. The Morgan fingerprint density at radius 2 is 1.87 bits per heavy atom. The molecule has 3 rings (SSSR count). The van der Waals surface area contributed by atoms with E-state index in [1.807, 2.05) is 0 Å². The van der Waals surface area contributed by atoms with Crippen molar-refractivity contribution in [3.05, 3.63) is 28.0 Å². The lowest BCUT2D eigenvalue weighted by Crippen LogP contribution is -2.47. The van der Waals surface area contributed by atoms with E-state index in [4.69, 9.17) is 9.15 Å². The number of nitrogens with one attached hydrogen (secondary N) is 1. The van der Waals surface area contributed by atoms with E-state index in [9.17, 15) is 10.1 Å². The fourth-order valence-corrected chi connectivity index (χ4v) is 3.30. The number of hydrogen-bond donors (Lipinski definition) is 1. The molecule has 9 heteroatoms. The highest BCUT2D eigenvalue weighted by atomic mass is 35.5. The zero-order valence-electron chi connectivity index (χ0n) is 12.8. The van der Waals surface area contributed by atoms with Crippen LogP contribution in [0.15, 0.2) is 16.5 Å². The Bertz CT molecular complexity index is 470. The monoisotopic (exact) mass is 367 g/mol. The molecule has 1 atom stereocenters. The zero-order valence-corrected chi connectivity index (χ0v) is 14.4. The summed E-state index contributed by atoms with van der Waals surface area (Å²) in [6, 6.07) is 3.34. The molecule has 2 aliphatic heterocycles. The summed E-state index contributed by atoms with van der Waals surface area (Å²) in [4.78, 5) is 12.8. The van der Waals surface area contributed by atoms with Crippen LogP contribution in [0.3, 0.4) is 0 Å². The van der Waals surface area contributed by atoms with Gasteiger partial charge in [-0.3, -0.25) is 15.0 Å². The summed E-state index contributed by atoms with van der Waals surface area (Å²) in [5, 5.41) is 14.2. The zero-order chi connectivity index (χ0) is 14.7. The second kappa shape index (κ2) is 9.44. The highest BCUT2D eigenvalue weighted by Gasteiger charge is 2.34. The first-order valence-electron chi connectivity index (χ1n) is 7.52. The molecule has 0 amide bonds. The lowest BCUT2D eigenvalue weighted by molar-refractivity contribution is -0.402. The standard InChI is InChI=1S/C14H21N3O4.2ClH/c18-17(19)13-2-1-12(21-13)14(11-3-9-20-10-4-11)16-7-5-15-6-8-16;;/h1-2,11,14-15H,3-10H2;2*1H/t14-;;/m1../s1. The van der Waals surface area contributed by atoms with Crippen molar-refractivity contribution < 1.29 is 14.1 Å². The van der Waals surface area contributed by atoms with Gasteiger partial charge in [-0.25, -0.2) is 0 Å². The summed E-state index contributed by atoms with van der Waals surface area (Å²) in [5.74, 6) is 0.982. The first kappa shape index (κ1) is 20.2. The van der Waals surface area contributed by atoms with Crippen molar-refractivity contribution in [1.82, 2.24) is 10.2 Å². The summed E-state index contributed by atoms with van der Waals surface area (Å²) in [5.41, 5.74) is 0. The molecule has 2 aliphatic rings. The topological polar surface area (TPSA) is 80.8 Å². The molecule has 1 aromatic rings. The smallest absolute Gasteiger partial charge is 0.404 e. The van der Waals surface area contributed by atoms with Crippen LogP contribution < -0.4 is 5.32 Å². The van der Waals surface area contributed by atoms with Gasteiger partial charge in [0.25, 0.3) is 0 Å². The van der Waals surface area contributed by atoms with Crippen LogP contribution in [0.4, 0.5) is 5.88 Å². The molecule has 0 unspecified atom stereocenters. The van der Waals surface area contributed by atoms with Crippen LogP contribution in [0.2, 0.25) is 0 Å². The number of nitrogens with zero attached hydrogens (tertiary/aromatic N) is 2. The van der Waals surface area contributed by atoms with Crippen molar-refractivity contribution in [2.24, 2.45) is 5.92 Å². The molecule has 1 aromatic heterocycles. The Kier molecular flexibility index (Phi) is 8.28. The van der Waals surface area contributed by atoms with Crippen molar-refractivity contribution in [3.63, 3.8) is 0 Å². The highest BCUT2D eigenvalue weighted by molar-refractivity contribution is 5.85. The average molecular weight is 368 g/mol. The molecule has 132 valence electrons. The average Bonchev–Trinajstić information content (AvgIpc) is 3.00. The van der Waals surface area contributed by atoms with E-state index in [0.717, 1.165) is 58.0 Å². The number of hydrogen-bond acceptors (Lipinski definition) is 6. The van der Waals surface area contributed by atoms with Crippen molar-refractivity contribution in [3.8, 4) is 0 Å². The quantitative estimate of drug-likeness (QED) is 0.649. The molecule has 2 saturated heterocycles. The Morgan fingerprint density at radius 3 is 2.43 bits per heavy atom. The number of piperazine rings is 1. The summed E-state index contributed by atoms with van der Waals surface area (Å²) in [6.07, 6.45) is 1.95. The largest absolute Gasteiger partial charge is 0.433 e. The Labute approximate surface area is 147 Å². The summed E-state index contributed by atoms with van der Waals surface area (Å²) >= 11 is 0. The SMILES string of the molecule is Cl.Cl.O=[N+]([O-])c1ccc([C@@H](C2CCOCC2)N2CCNCC2)o1. The van der Waals surface area contributed by atoms with Crippen molar-refractivity contribution in [1.29, 1.82) is 0 Å². The Hall–Kier alpha value is -0.860. The number of furan rings is 1. The van der Waals surface area contributed by atoms with E-state index < -0.39 is 4.92 Å². The molecule has 7 nitrogen and oxygen atoms in total. The summed E-state index contributed by atoms with van der Waals surface area (Å²) in [7, 11) is 0. The van der Waals surface area contributed by atoms with Crippen LogP contribution in [0, 0.1) is 16.0 Å². The van der Waals surface area contributed by atoms with Gasteiger partial charge in [0, 0.05) is 39.4 Å². The second-order valence-corrected chi connectivity index (χ2v) is 5.61. The van der Waals surface area contributed by atoms with Crippen molar-refractivity contribution in [2.75, 3.05) is 39.4 Å². The van der Waals surface area contributed by atoms with E-state index in [-0.39, 0.29) is 36.7 Å². The molecule has 0 aliphatic carbocycles. The van der Waals surface area contributed by atoms with Gasteiger partial charge >= 0.3 is 5.88 Å². The van der Waals surface area contributed by atoms with Gasteiger partial charge in [0.05, 0.1) is 12.1 Å². The maximum atomic E-state index is 10.9. The van der Waals surface area contributed by atoms with Gasteiger partial charge in [0.2, 0.25) is 0 Å². The molecule has 0 bridgehead atoms. The first-order valence-corrected chi connectivity index (χ1v) is 7.52. The van der Waals surface area contributed by atoms with E-state index in [0.29, 0.717) is 5.92 Å². The van der Waals surface area contributed by atoms with Crippen LogP contribution in [-0.4, -0.2) is 49.2 Å². The van der Waals surface area contributed by atoms with Crippen LogP contribution in [0.5, 0.6) is 0 Å². The fourth-order valence-electron chi connectivity index (χ4n) is 3.30. The predicted octanol–water partition coefficient (Wildman–Crippen LogP) is 2.40. The second-order valence-electron chi connectivity index (χ2n) is 5.61. The molecule has 23 heavy (non-hydrogen) atoms. The number of nitro groups is 1. The van der Waals surface area contributed by atoms with Gasteiger partial charge in [0.1, 0.15) is 10.7 Å². The molecule has 1 N–H and O–H groups in total. The van der Waals surface area contributed by atoms with Crippen LogP contribution in [0.25, 0.3) is 0 Å². The minimum absolute atomic E-state index is 0. The molecular weight excluding hydrogens is 345 g/mol. The number of ether oxygens (including phenoxy) is 1. The normalized spacial score (nSPS) is 21.0. The van der Waals surface area contributed by atoms with E-state index >= 15 is 0 Å². The maximum Gasteiger partial charge on any atom is 0.433 e. The maximum absolute atomic E-state index is 10.9. The minimum atomic E-state index is -0.470. The molecule has 0 spiro atoms. The number of halogens is 2. The Balaban J connectivity index is 0.00000132. The number of rotatable bonds is 4.